The number of nitrogens with zero attached hydrogens (tertiary/aromatic N) is 3. The molecule has 1 saturated heterocycles. The molecule has 8 heteroatoms. The van der Waals surface area contributed by atoms with Crippen LogP contribution in [-0.2, 0) is 0 Å². The Labute approximate surface area is 151 Å². The number of piperazine rings is 1. The highest BCUT2D eigenvalue weighted by Gasteiger charge is 2.37. The summed E-state index contributed by atoms with van der Waals surface area (Å²) in [6.45, 7) is 3.19. The summed E-state index contributed by atoms with van der Waals surface area (Å²) < 4.78 is 16.9. The van der Waals surface area contributed by atoms with E-state index in [1.165, 1.54) is 11.3 Å². The second-order valence-corrected chi connectivity index (χ2v) is 7.79. The standard InChI is InChI=1S/C18H16FN3O3S/c1-20-2-4-21(5-3-20)15-10-8-9(13(15)19)11-14(10)22-6-7-26-17(22)12(16(11)23)18(24)25/h6-7H,2-5,8H2,1H3,(H,24,25). The number of likely N-dealkylation sites (N-methyl/N-ethyl adjacent to an activating group) is 1. The van der Waals surface area contributed by atoms with Crippen molar-refractivity contribution in [2.75, 3.05) is 33.2 Å². The molecule has 2 aromatic heterocycles. The highest BCUT2D eigenvalue weighted by atomic mass is 32.1. The summed E-state index contributed by atoms with van der Waals surface area (Å²) in [4.78, 5) is 29.1. The molecule has 3 heterocycles. The van der Waals surface area contributed by atoms with Gasteiger partial charge in [0.2, 0.25) is 5.43 Å². The van der Waals surface area contributed by atoms with Crippen LogP contribution in [0.1, 0.15) is 16.8 Å². The fourth-order valence-electron chi connectivity index (χ4n) is 4.22. The summed E-state index contributed by atoms with van der Waals surface area (Å²) in [7, 11) is 2.04. The second kappa shape index (κ2) is 5.28. The molecule has 26 heavy (non-hydrogen) atoms. The Kier molecular flexibility index (Phi) is 3.20. The van der Waals surface area contributed by atoms with Crippen LogP contribution in [0.15, 0.2) is 27.9 Å². The van der Waals surface area contributed by atoms with Crippen LogP contribution in [0.2, 0.25) is 0 Å². The Morgan fingerprint density at radius 1 is 1.23 bits per heavy atom. The number of aromatic carboxylic acids is 1. The zero-order valence-corrected chi connectivity index (χ0v) is 14.9. The molecule has 0 atom stereocenters. The van der Waals surface area contributed by atoms with Crippen molar-refractivity contribution in [2.45, 2.75) is 6.42 Å². The number of rotatable bonds is 2. The first-order valence-corrected chi connectivity index (χ1v) is 9.32. The van der Waals surface area contributed by atoms with Crippen molar-refractivity contribution in [3.8, 4) is 0 Å². The molecule has 0 amide bonds. The van der Waals surface area contributed by atoms with Crippen molar-refractivity contribution in [3.05, 3.63) is 49.5 Å². The lowest BCUT2D eigenvalue weighted by Crippen LogP contribution is -2.49. The Balaban J connectivity index is 1.84. The predicted octanol–water partition coefficient (Wildman–Crippen LogP) is 0.206. The van der Waals surface area contributed by atoms with Crippen LogP contribution in [0.4, 0.5) is 4.39 Å². The third-order valence-electron chi connectivity index (χ3n) is 5.49. The highest BCUT2D eigenvalue weighted by Crippen LogP contribution is 2.41. The second-order valence-electron chi connectivity index (χ2n) is 6.90. The molecule has 134 valence electrons. The van der Waals surface area contributed by atoms with Gasteiger partial charge in [-0.05, 0) is 7.05 Å². The molecule has 0 saturated carbocycles. The molecule has 0 aromatic carbocycles. The molecule has 5 rings (SSSR count). The smallest absolute Gasteiger partial charge is 0.342 e. The van der Waals surface area contributed by atoms with E-state index in [1.54, 1.807) is 16.0 Å². The molecule has 1 fully saturated rings. The molecule has 1 N–H and O–H groups in total. The maximum Gasteiger partial charge on any atom is 0.342 e. The number of fused-ring (bicyclic) bond motifs is 5. The lowest BCUT2D eigenvalue weighted by atomic mass is 10.1. The van der Waals surface area contributed by atoms with E-state index in [0.29, 0.717) is 27.9 Å². The first kappa shape index (κ1) is 15.8. The third-order valence-corrected chi connectivity index (χ3v) is 6.37. The Bertz CT molecular complexity index is 1200. The van der Waals surface area contributed by atoms with Crippen LogP contribution >= 0.6 is 11.3 Å². The first-order valence-electron chi connectivity index (χ1n) is 8.44. The number of thiazole rings is 1. The summed E-state index contributed by atoms with van der Waals surface area (Å²) in [5.41, 5.74) is 0.889. The van der Waals surface area contributed by atoms with Gasteiger partial charge < -0.3 is 19.3 Å². The van der Waals surface area contributed by atoms with E-state index in [9.17, 15) is 14.7 Å². The number of halogens is 1. The minimum absolute atomic E-state index is 0.226. The number of hydrogen-bond donors (Lipinski definition) is 1. The summed E-state index contributed by atoms with van der Waals surface area (Å²) in [5.74, 6) is -1.63. The van der Waals surface area contributed by atoms with Crippen LogP contribution in [0.25, 0.3) is 16.0 Å². The molecule has 3 aliphatic rings. The van der Waals surface area contributed by atoms with Crippen LogP contribution in [0.3, 0.4) is 0 Å². The van der Waals surface area contributed by atoms with Gasteiger partial charge in [0, 0.05) is 55.3 Å². The zero-order valence-electron chi connectivity index (χ0n) is 14.1. The van der Waals surface area contributed by atoms with Gasteiger partial charge in [-0.2, -0.15) is 0 Å². The number of carboxylic acids is 1. The quantitative estimate of drug-likeness (QED) is 0.815. The van der Waals surface area contributed by atoms with Crippen LogP contribution in [-0.4, -0.2) is 58.5 Å². The average Bonchev–Trinajstić information content (AvgIpc) is 3.28. The van der Waals surface area contributed by atoms with E-state index >= 15 is 4.39 Å². The lowest BCUT2D eigenvalue weighted by molar-refractivity contribution is 0.0697. The molecule has 2 aliphatic carbocycles. The summed E-state index contributed by atoms with van der Waals surface area (Å²) >= 11 is 1.22. The molecule has 0 unspecified atom stereocenters. The molecular formula is C18H16FN3O3S. The first-order chi connectivity index (χ1) is 12.5. The lowest BCUT2D eigenvalue weighted by Gasteiger charge is -2.35. The van der Waals surface area contributed by atoms with Gasteiger partial charge in [0.25, 0.3) is 0 Å². The largest absolute Gasteiger partial charge is 0.477 e. The number of carbonyl (C=O) groups is 1. The zero-order chi connectivity index (χ0) is 18.2. The monoisotopic (exact) mass is 373 g/mol. The van der Waals surface area contributed by atoms with Crippen LogP contribution in [0, 0.1) is 0 Å². The molecule has 2 aromatic rings. The maximum absolute atomic E-state index is 15.2. The van der Waals surface area contributed by atoms with Crippen molar-refractivity contribution in [2.24, 2.45) is 0 Å². The van der Waals surface area contributed by atoms with Gasteiger partial charge in [-0.15, -0.1) is 11.3 Å². The van der Waals surface area contributed by atoms with Crippen LogP contribution < -0.4 is 16.0 Å². The van der Waals surface area contributed by atoms with Crippen molar-refractivity contribution in [1.82, 2.24) is 14.2 Å². The van der Waals surface area contributed by atoms with Gasteiger partial charge in [0.15, 0.2) is 5.83 Å². The molecular weight excluding hydrogens is 357 g/mol. The van der Waals surface area contributed by atoms with E-state index in [4.69, 9.17) is 0 Å². The predicted molar refractivity (Wildman–Crippen MR) is 96.4 cm³/mol. The van der Waals surface area contributed by atoms with Gasteiger partial charge in [0.1, 0.15) is 10.4 Å². The van der Waals surface area contributed by atoms with Gasteiger partial charge >= 0.3 is 5.97 Å². The van der Waals surface area contributed by atoms with Crippen molar-refractivity contribution in [1.29, 1.82) is 0 Å². The summed E-state index contributed by atoms with van der Waals surface area (Å²) in [5, 5.41) is 12.1. The Hall–Kier alpha value is -2.45. The number of carboxylic acid groups (broad SMARTS) is 1. The highest BCUT2D eigenvalue weighted by molar-refractivity contribution is 7.15. The number of allylic oxidation sites excluding steroid dienone is 2. The topological polar surface area (TPSA) is 65.3 Å². The van der Waals surface area contributed by atoms with Crippen LogP contribution in [0.5, 0.6) is 0 Å². The van der Waals surface area contributed by atoms with Gasteiger partial charge in [0.05, 0.1) is 16.3 Å². The maximum atomic E-state index is 15.2. The van der Waals surface area contributed by atoms with Gasteiger partial charge in [-0.25, -0.2) is 9.18 Å². The van der Waals surface area contributed by atoms with E-state index < -0.39 is 11.4 Å². The van der Waals surface area contributed by atoms with Crippen molar-refractivity contribution >= 4 is 33.3 Å². The molecule has 0 radical (unpaired) electrons. The van der Waals surface area contributed by atoms with E-state index in [-0.39, 0.29) is 16.6 Å². The molecule has 2 bridgehead atoms. The molecule has 1 aliphatic heterocycles. The molecule has 0 spiro atoms. The van der Waals surface area contributed by atoms with Crippen molar-refractivity contribution < 1.29 is 14.3 Å². The SMILES string of the molecule is CN1CCN(C2=C(F)C3=c4c(=O)c(C(=O)O)c5sccn5c4=C2C3)CC1. The molecule has 6 nitrogen and oxygen atoms in total. The normalized spacial score (nSPS) is 19.8. The van der Waals surface area contributed by atoms with E-state index in [1.807, 2.05) is 7.05 Å². The Morgan fingerprint density at radius 3 is 2.65 bits per heavy atom. The fourth-order valence-corrected chi connectivity index (χ4v) is 5.09. The minimum Gasteiger partial charge on any atom is -0.477 e. The minimum atomic E-state index is -1.27. The van der Waals surface area contributed by atoms with Crippen molar-refractivity contribution in [3.63, 3.8) is 0 Å². The summed E-state index contributed by atoms with van der Waals surface area (Å²) in [6.07, 6.45) is 2.12. The van der Waals surface area contributed by atoms with E-state index in [2.05, 4.69) is 9.80 Å². The fraction of sp³-hybridized carbons (Fsp3) is 0.333. The number of aromatic nitrogens is 1. The summed E-state index contributed by atoms with van der Waals surface area (Å²) in [6, 6.07) is 0. The van der Waals surface area contributed by atoms with Gasteiger partial charge in [-0.3, -0.25) is 4.79 Å². The number of hydrogen-bond acceptors (Lipinski definition) is 5. The number of pyridine rings is 1. The third kappa shape index (κ3) is 1.88. The van der Waals surface area contributed by atoms with Gasteiger partial charge in [-0.1, -0.05) is 0 Å². The van der Waals surface area contributed by atoms with E-state index in [0.717, 1.165) is 31.8 Å². The average molecular weight is 373 g/mol. The Morgan fingerprint density at radius 2 is 1.96 bits per heavy atom.